The average molecular weight is 210 g/mol. The molecule has 4 heteroatoms. The summed E-state index contributed by atoms with van der Waals surface area (Å²) in [7, 11) is 0. The second-order valence-electron chi connectivity index (χ2n) is 3.45. The van der Waals surface area contributed by atoms with Crippen LogP contribution in [-0.2, 0) is 11.2 Å². The molecule has 0 aromatic carbocycles. The number of hydrogen-bond donors (Lipinski definition) is 1. The van der Waals surface area contributed by atoms with Gasteiger partial charge in [-0.3, -0.25) is 0 Å². The first-order valence-corrected chi connectivity index (χ1v) is 5.23. The maximum absolute atomic E-state index is 9.40. The molecule has 1 N–H and O–H groups in total. The minimum absolute atomic E-state index is 0.508. The SMILES string of the molecule is CCOCCc1ncc([C@H](C)O)c(C)n1. The molecule has 1 aromatic rings. The van der Waals surface area contributed by atoms with Gasteiger partial charge in [-0.1, -0.05) is 0 Å². The van der Waals surface area contributed by atoms with E-state index in [1.54, 1.807) is 13.1 Å². The van der Waals surface area contributed by atoms with Crippen molar-refractivity contribution in [3.8, 4) is 0 Å². The van der Waals surface area contributed by atoms with Crippen LogP contribution in [0.4, 0.5) is 0 Å². The Morgan fingerprint density at radius 3 is 2.80 bits per heavy atom. The molecular formula is C11H18N2O2. The number of aliphatic hydroxyl groups is 1. The molecule has 15 heavy (non-hydrogen) atoms. The fraction of sp³-hybridized carbons (Fsp3) is 0.636. The van der Waals surface area contributed by atoms with Gasteiger partial charge in [0.25, 0.3) is 0 Å². The van der Waals surface area contributed by atoms with E-state index in [-0.39, 0.29) is 0 Å². The molecule has 0 unspecified atom stereocenters. The van der Waals surface area contributed by atoms with Crippen LogP contribution in [-0.4, -0.2) is 28.3 Å². The molecule has 1 aromatic heterocycles. The van der Waals surface area contributed by atoms with E-state index >= 15 is 0 Å². The van der Waals surface area contributed by atoms with Gasteiger partial charge in [-0.2, -0.15) is 0 Å². The third kappa shape index (κ3) is 3.57. The number of ether oxygens (including phenoxy) is 1. The summed E-state index contributed by atoms with van der Waals surface area (Å²) >= 11 is 0. The van der Waals surface area contributed by atoms with Gasteiger partial charge in [-0.05, 0) is 20.8 Å². The van der Waals surface area contributed by atoms with Gasteiger partial charge in [-0.25, -0.2) is 9.97 Å². The summed E-state index contributed by atoms with van der Waals surface area (Å²) in [5.74, 6) is 0.769. The molecule has 0 saturated carbocycles. The highest BCUT2D eigenvalue weighted by molar-refractivity contribution is 5.18. The average Bonchev–Trinajstić information content (AvgIpc) is 2.17. The Morgan fingerprint density at radius 1 is 1.53 bits per heavy atom. The fourth-order valence-corrected chi connectivity index (χ4v) is 1.36. The lowest BCUT2D eigenvalue weighted by Gasteiger charge is -2.08. The molecule has 1 heterocycles. The van der Waals surface area contributed by atoms with Gasteiger partial charge >= 0.3 is 0 Å². The molecule has 4 nitrogen and oxygen atoms in total. The van der Waals surface area contributed by atoms with Crippen LogP contribution in [0, 0.1) is 6.92 Å². The molecule has 0 aliphatic rings. The number of nitrogens with zero attached hydrogens (tertiary/aromatic N) is 2. The highest BCUT2D eigenvalue weighted by Crippen LogP contribution is 2.13. The highest BCUT2D eigenvalue weighted by atomic mass is 16.5. The zero-order valence-electron chi connectivity index (χ0n) is 9.53. The van der Waals surface area contributed by atoms with Gasteiger partial charge in [0.1, 0.15) is 5.82 Å². The van der Waals surface area contributed by atoms with Crippen molar-refractivity contribution in [1.29, 1.82) is 0 Å². The zero-order valence-corrected chi connectivity index (χ0v) is 9.53. The largest absolute Gasteiger partial charge is 0.389 e. The number of aryl methyl sites for hydroxylation is 1. The second kappa shape index (κ2) is 5.78. The summed E-state index contributed by atoms with van der Waals surface area (Å²) in [5, 5.41) is 9.40. The van der Waals surface area contributed by atoms with Gasteiger partial charge in [-0.15, -0.1) is 0 Å². The molecular weight excluding hydrogens is 192 g/mol. The van der Waals surface area contributed by atoms with Crippen LogP contribution in [0.2, 0.25) is 0 Å². The Balaban J connectivity index is 2.65. The van der Waals surface area contributed by atoms with Gasteiger partial charge in [0, 0.05) is 30.5 Å². The lowest BCUT2D eigenvalue weighted by molar-refractivity contribution is 0.149. The summed E-state index contributed by atoms with van der Waals surface area (Å²) in [6, 6.07) is 0. The molecule has 1 atom stereocenters. The Hall–Kier alpha value is -1.00. The molecule has 84 valence electrons. The van der Waals surface area contributed by atoms with Crippen molar-refractivity contribution < 1.29 is 9.84 Å². The summed E-state index contributed by atoms with van der Waals surface area (Å²) < 4.78 is 5.23. The first-order chi connectivity index (χ1) is 7.15. The van der Waals surface area contributed by atoms with Crippen LogP contribution in [0.5, 0.6) is 0 Å². The third-order valence-electron chi connectivity index (χ3n) is 2.19. The third-order valence-corrected chi connectivity index (χ3v) is 2.19. The minimum atomic E-state index is -0.508. The summed E-state index contributed by atoms with van der Waals surface area (Å²) in [4.78, 5) is 8.50. The van der Waals surface area contributed by atoms with E-state index in [0.29, 0.717) is 13.2 Å². The van der Waals surface area contributed by atoms with Crippen molar-refractivity contribution >= 4 is 0 Å². The molecule has 0 amide bonds. The van der Waals surface area contributed by atoms with E-state index in [1.807, 2.05) is 13.8 Å². The lowest BCUT2D eigenvalue weighted by Crippen LogP contribution is -2.06. The van der Waals surface area contributed by atoms with E-state index in [2.05, 4.69) is 9.97 Å². The van der Waals surface area contributed by atoms with Crippen LogP contribution >= 0.6 is 0 Å². The van der Waals surface area contributed by atoms with Crippen molar-refractivity contribution in [2.45, 2.75) is 33.3 Å². The Bertz CT molecular complexity index is 313. The quantitative estimate of drug-likeness (QED) is 0.747. The monoisotopic (exact) mass is 210 g/mol. The number of aromatic nitrogens is 2. The number of rotatable bonds is 5. The van der Waals surface area contributed by atoms with Crippen molar-refractivity contribution in [2.24, 2.45) is 0 Å². The standard InChI is InChI=1S/C11H18N2O2/c1-4-15-6-5-11-12-7-10(9(3)14)8(2)13-11/h7,9,14H,4-6H2,1-3H3/t9-/m0/s1. The molecule has 0 aliphatic heterocycles. The predicted molar refractivity (Wildman–Crippen MR) is 57.6 cm³/mol. The normalized spacial score (nSPS) is 12.8. The highest BCUT2D eigenvalue weighted by Gasteiger charge is 2.07. The van der Waals surface area contributed by atoms with Crippen LogP contribution in [0.15, 0.2) is 6.20 Å². The predicted octanol–water partition coefficient (Wildman–Crippen LogP) is 1.42. The van der Waals surface area contributed by atoms with E-state index in [0.717, 1.165) is 23.5 Å². The lowest BCUT2D eigenvalue weighted by atomic mass is 10.1. The first-order valence-electron chi connectivity index (χ1n) is 5.23. The summed E-state index contributed by atoms with van der Waals surface area (Å²) in [5.41, 5.74) is 1.63. The Morgan fingerprint density at radius 2 is 2.27 bits per heavy atom. The van der Waals surface area contributed by atoms with Crippen LogP contribution in [0.1, 0.15) is 37.0 Å². The Labute approximate surface area is 90.3 Å². The number of hydrogen-bond acceptors (Lipinski definition) is 4. The van der Waals surface area contributed by atoms with Gasteiger partial charge in [0.05, 0.1) is 12.7 Å². The fourth-order valence-electron chi connectivity index (χ4n) is 1.36. The first kappa shape index (κ1) is 12.1. The maximum Gasteiger partial charge on any atom is 0.130 e. The number of aliphatic hydroxyl groups excluding tert-OH is 1. The molecule has 0 spiro atoms. The zero-order chi connectivity index (χ0) is 11.3. The van der Waals surface area contributed by atoms with Crippen LogP contribution < -0.4 is 0 Å². The Kier molecular flexibility index (Phi) is 4.65. The van der Waals surface area contributed by atoms with Crippen molar-refractivity contribution in [3.05, 3.63) is 23.3 Å². The van der Waals surface area contributed by atoms with Gasteiger partial charge in [0.2, 0.25) is 0 Å². The second-order valence-corrected chi connectivity index (χ2v) is 3.45. The summed E-state index contributed by atoms with van der Waals surface area (Å²) in [6.45, 7) is 6.91. The molecule has 0 bridgehead atoms. The molecule has 0 aliphatic carbocycles. The molecule has 0 saturated heterocycles. The maximum atomic E-state index is 9.40. The van der Waals surface area contributed by atoms with Crippen LogP contribution in [0.3, 0.4) is 0 Å². The van der Waals surface area contributed by atoms with Crippen molar-refractivity contribution in [3.63, 3.8) is 0 Å². The smallest absolute Gasteiger partial charge is 0.130 e. The van der Waals surface area contributed by atoms with Gasteiger partial charge in [0.15, 0.2) is 0 Å². The molecule has 1 rings (SSSR count). The molecule has 0 fully saturated rings. The van der Waals surface area contributed by atoms with E-state index in [4.69, 9.17) is 4.74 Å². The van der Waals surface area contributed by atoms with E-state index in [9.17, 15) is 5.11 Å². The van der Waals surface area contributed by atoms with E-state index < -0.39 is 6.10 Å². The van der Waals surface area contributed by atoms with Crippen LogP contribution in [0.25, 0.3) is 0 Å². The van der Waals surface area contributed by atoms with Gasteiger partial charge < -0.3 is 9.84 Å². The molecule has 0 radical (unpaired) electrons. The topological polar surface area (TPSA) is 55.2 Å². The van der Waals surface area contributed by atoms with Crippen molar-refractivity contribution in [1.82, 2.24) is 9.97 Å². The summed E-state index contributed by atoms with van der Waals surface area (Å²) in [6.07, 6.45) is 1.90. The minimum Gasteiger partial charge on any atom is -0.389 e. The van der Waals surface area contributed by atoms with Crippen molar-refractivity contribution in [2.75, 3.05) is 13.2 Å². The van der Waals surface area contributed by atoms with E-state index in [1.165, 1.54) is 0 Å².